The van der Waals surface area contributed by atoms with Crippen LogP contribution in [0.4, 0.5) is 0 Å². The maximum atomic E-state index is 11.9. The highest BCUT2D eigenvalue weighted by atomic mass is 16.7. The molecule has 118 valence electrons. The van der Waals surface area contributed by atoms with Crippen LogP contribution in [-0.4, -0.2) is 47.7 Å². The molecule has 7 heteroatoms. The number of nitrogens with zero attached hydrogens (tertiary/aromatic N) is 2. The molecule has 0 aliphatic carbocycles. The summed E-state index contributed by atoms with van der Waals surface area (Å²) in [7, 11) is 3.32. The van der Waals surface area contributed by atoms with Crippen LogP contribution in [0, 0.1) is 11.8 Å². The third kappa shape index (κ3) is 4.27. The minimum atomic E-state index is -0.663. The molecular weight excluding hydrogens is 276 g/mol. The Bertz CT molecular complexity index is 431. The van der Waals surface area contributed by atoms with Gasteiger partial charge in [0.2, 0.25) is 5.91 Å². The van der Waals surface area contributed by atoms with Crippen LogP contribution in [0.15, 0.2) is 0 Å². The predicted molar refractivity (Wildman–Crippen MR) is 73.4 cm³/mol. The van der Waals surface area contributed by atoms with Gasteiger partial charge in [0.1, 0.15) is 0 Å². The van der Waals surface area contributed by atoms with Gasteiger partial charge in [-0.05, 0) is 12.8 Å². The average Bonchev–Trinajstić information content (AvgIpc) is 2.75. The fourth-order valence-electron chi connectivity index (χ4n) is 2.17. The van der Waals surface area contributed by atoms with Crippen LogP contribution in [0.1, 0.15) is 39.5 Å². The number of rotatable bonds is 6. The first-order chi connectivity index (χ1) is 9.77. The summed E-state index contributed by atoms with van der Waals surface area (Å²) in [6, 6.07) is 0. The van der Waals surface area contributed by atoms with Gasteiger partial charge in [-0.3, -0.25) is 14.4 Å². The summed E-state index contributed by atoms with van der Waals surface area (Å²) in [5.74, 6) is -2.57. The van der Waals surface area contributed by atoms with Gasteiger partial charge in [-0.1, -0.05) is 13.8 Å². The van der Waals surface area contributed by atoms with Crippen molar-refractivity contribution in [3.8, 4) is 0 Å². The van der Waals surface area contributed by atoms with Gasteiger partial charge in [-0.15, -0.1) is 5.06 Å². The molecule has 21 heavy (non-hydrogen) atoms. The van der Waals surface area contributed by atoms with E-state index < -0.39 is 23.7 Å². The van der Waals surface area contributed by atoms with Crippen molar-refractivity contribution >= 4 is 23.7 Å². The third-order valence-electron chi connectivity index (χ3n) is 3.51. The molecule has 0 saturated carbocycles. The molecule has 0 bridgehead atoms. The van der Waals surface area contributed by atoms with Crippen molar-refractivity contribution in [3.63, 3.8) is 0 Å². The molecule has 1 fully saturated rings. The lowest BCUT2D eigenvalue weighted by Crippen LogP contribution is -2.36. The minimum Gasteiger partial charge on any atom is -0.349 e. The summed E-state index contributed by atoms with van der Waals surface area (Å²) >= 11 is 0. The number of hydroxylamine groups is 2. The van der Waals surface area contributed by atoms with Crippen molar-refractivity contribution < 1.29 is 24.0 Å². The van der Waals surface area contributed by atoms with Crippen molar-refractivity contribution in [1.82, 2.24) is 9.96 Å². The second kappa shape index (κ2) is 7.19. The van der Waals surface area contributed by atoms with E-state index in [1.54, 1.807) is 21.0 Å². The summed E-state index contributed by atoms with van der Waals surface area (Å²) in [6.07, 6.45) is 1.06. The Labute approximate surface area is 124 Å². The molecule has 1 rings (SSSR count). The van der Waals surface area contributed by atoms with Gasteiger partial charge >= 0.3 is 5.97 Å². The third-order valence-corrected chi connectivity index (χ3v) is 3.51. The molecule has 0 spiro atoms. The largest absolute Gasteiger partial charge is 0.349 e. The Hall–Kier alpha value is -1.92. The number of hydrogen-bond donors (Lipinski definition) is 0. The lowest BCUT2D eigenvalue weighted by molar-refractivity contribution is -0.200. The topological polar surface area (TPSA) is 84.0 Å². The van der Waals surface area contributed by atoms with Gasteiger partial charge < -0.3 is 9.74 Å². The molecule has 1 saturated heterocycles. The highest BCUT2D eigenvalue weighted by Crippen LogP contribution is 2.20. The highest BCUT2D eigenvalue weighted by molar-refractivity contribution is 6.01. The zero-order valence-corrected chi connectivity index (χ0v) is 12.9. The smallest absolute Gasteiger partial charge is 0.335 e. The summed E-state index contributed by atoms with van der Waals surface area (Å²) in [5, 5.41) is 0.535. The number of amides is 3. The lowest BCUT2D eigenvalue weighted by Gasteiger charge is -2.22. The number of carbonyl (C=O) groups excluding carboxylic acids is 4. The van der Waals surface area contributed by atoms with Gasteiger partial charge in [0, 0.05) is 32.9 Å². The molecule has 1 aliphatic heterocycles. The van der Waals surface area contributed by atoms with Crippen LogP contribution in [0.2, 0.25) is 0 Å². The quantitative estimate of drug-likeness (QED) is 0.675. The van der Waals surface area contributed by atoms with Crippen molar-refractivity contribution in [2.24, 2.45) is 11.8 Å². The maximum absolute atomic E-state index is 11.9. The summed E-state index contributed by atoms with van der Waals surface area (Å²) < 4.78 is 0. The van der Waals surface area contributed by atoms with Gasteiger partial charge in [0.15, 0.2) is 0 Å². The minimum absolute atomic E-state index is 0.0505. The molecule has 1 heterocycles. The normalized spacial score (nSPS) is 17.6. The first kappa shape index (κ1) is 17.1. The molecule has 0 aromatic rings. The molecule has 3 amide bonds. The molecule has 0 radical (unpaired) electrons. The van der Waals surface area contributed by atoms with E-state index in [1.165, 1.54) is 4.90 Å². The van der Waals surface area contributed by atoms with Crippen LogP contribution in [0.5, 0.6) is 0 Å². The van der Waals surface area contributed by atoms with E-state index in [-0.39, 0.29) is 24.7 Å². The lowest BCUT2D eigenvalue weighted by atomic mass is 9.92. The van der Waals surface area contributed by atoms with Crippen LogP contribution < -0.4 is 0 Å². The number of carbonyl (C=O) groups is 4. The van der Waals surface area contributed by atoms with Gasteiger partial charge in [-0.25, -0.2) is 4.79 Å². The first-order valence-corrected chi connectivity index (χ1v) is 7.06. The van der Waals surface area contributed by atoms with Crippen molar-refractivity contribution in [2.45, 2.75) is 39.5 Å². The molecule has 0 aromatic carbocycles. The fraction of sp³-hybridized carbons (Fsp3) is 0.714. The zero-order valence-electron chi connectivity index (χ0n) is 12.9. The molecule has 7 nitrogen and oxygen atoms in total. The molecule has 0 aromatic heterocycles. The van der Waals surface area contributed by atoms with Crippen LogP contribution >= 0.6 is 0 Å². The molecular formula is C14H22N2O5. The Morgan fingerprint density at radius 2 is 1.76 bits per heavy atom. The first-order valence-electron chi connectivity index (χ1n) is 7.06. The summed E-state index contributed by atoms with van der Waals surface area (Å²) in [5.41, 5.74) is 0. The molecule has 1 aliphatic rings. The van der Waals surface area contributed by atoms with E-state index >= 15 is 0 Å². The fourth-order valence-corrected chi connectivity index (χ4v) is 2.17. The van der Waals surface area contributed by atoms with Crippen molar-refractivity contribution in [2.75, 3.05) is 14.1 Å². The van der Waals surface area contributed by atoms with Crippen LogP contribution in [0.25, 0.3) is 0 Å². The van der Waals surface area contributed by atoms with E-state index in [2.05, 4.69) is 0 Å². The monoisotopic (exact) mass is 298 g/mol. The van der Waals surface area contributed by atoms with E-state index in [9.17, 15) is 19.2 Å². The number of imide groups is 1. The van der Waals surface area contributed by atoms with Gasteiger partial charge in [0.05, 0.1) is 5.92 Å². The van der Waals surface area contributed by atoms with E-state index in [0.717, 1.165) is 0 Å². The Balaban J connectivity index is 2.59. The second-order valence-electron chi connectivity index (χ2n) is 5.47. The molecule has 0 N–H and O–H groups in total. The molecule has 2 unspecified atom stereocenters. The zero-order chi connectivity index (χ0) is 16.2. The Morgan fingerprint density at radius 1 is 1.24 bits per heavy atom. The Kier molecular flexibility index (Phi) is 5.87. The highest BCUT2D eigenvalue weighted by Gasteiger charge is 2.34. The summed E-state index contributed by atoms with van der Waals surface area (Å²) in [6.45, 7) is 3.50. The average molecular weight is 298 g/mol. The second-order valence-corrected chi connectivity index (χ2v) is 5.47. The number of hydrogen-bond acceptors (Lipinski definition) is 5. The van der Waals surface area contributed by atoms with E-state index in [4.69, 9.17) is 4.84 Å². The molecule has 2 atom stereocenters. The maximum Gasteiger partial charge on any atom is 0.335 e. The standard InChI is InChI=1S/C14H22N2O5/c1-5-10(13(19)15(3)4)8-9(2)14(20)21-16-11(17)6-7-12(16)18/h9-10H,5-8H2,1-4H3. The van der Waals surface area contributed by atoms with Gasteiger partial charge in [0.25, 0.3) is 11.8 Å². The van der Waals surface area contributed by atoms with Crippen molar-refractivity contribution in [3.05, 3.63) is 0 Å². The predicted octanol–water partition coefficient (Wildman–Crippen LogP) is 0.734. The van der Waals surface area contributed by atoms with Crippen molar-refractivity contribution in [1.29, 1.82) is 0 Å². The SMILES string of the molecule is CCC(CC(C)C(=O)ON1C(=O)CCC1=O)C(=O)N(C)C. The summed E-state index contributed by atoms with van der Waals surface area (Å²) in [4.78, 5) is 53.0. The Morgan fingerprint density at radius 3 is 2.19 bits per heavy atom. The van der Waals surface area contributed by atoms with Crippen LogP contribution in [0.3, 0.4) is 0 Å². The van der Waals surface area contributed by atoms with Gasteiger partial charge in [-0.2, -0.15) is 0 Å². The van der Waals surface area contributed by atoms with E-state index in [1.807, 2.05) is 6.92 Å². The van der Waals surface area contributed by atoms with Crippen LogP contribution in [-0.2, 0) is 24.0 Å². The van der Waals surface area contributed by atoms with E-state index in [0.29, 0.717) is 17.9 Å².